The number of nitrogens with zero attached hydrogens (tertiary/aromatic N) is 2. The summed E-state index contributed by atoms with van der Waals surface area (Å²) in [7, 11) is 0. The molecule has 0 spiro atoms. The van der Waals surface area contributed by atoms with Crippen LogP contribution >= 0.6 is 11.3 Å². The van der Waals surface area contributed by atoms with Crippen LogP contribution in [0.3, 0.4) is 0 Å². The van der Waals surface area contributed by atoms with Crippen LogP contribution in [0.1, 0.15) is 19.8 Å². The van der Waals surface area contributed by atoms with Crippen molar-refractivity contribution in [1.82, 2.24) is 15.3 Å². The molecule has 0 aliphatic heterocycles. The number of hydrogen-bond acceptors (Lipinski definition) is 6. The van der Waals surface area contributed by atoms with Crippen LogP contribution in [0.15, 0.2) is 54.7 Å². The Balaban J connectivity index is 1.78. The molecular weight excluding hydrogens is 485 g/mol. The van der Waals surface area contributed by atoms with Gasteiger partial charge in [-0.15, -0.1) is 0 Å². The van der Waals surface area contributed by atoms with Gasteiger partial charge < -0.3 is 15.7 Å². The summed E-state index contributed by atoms with van der Waals surface area (Å²) >= 11 is 1.14. The van der Waals surface area contributed by atoms with E-state index >= 15 is 4.39 Å². The number of aromatic nitrogens is 2. The van der Waals surface area contributed by atoms with Gasteiger partial charge in [-0.1, -0.05) is 29.5 Å². The van der Waals surface area contributed by atoms with Crippen molar-refractivity contribution in [3.8, 4) is 22.4 Å². The molecule has 0 fully saturated rings. The summed E-state index contributed by atoms with van der Waals surface area (Å²) in [6, 6.07) is 13.2. The molecule has 11 heteroatoms. The summed E-state index contributed by atoms with van der Waals surface area (Å²) in [4.78, 5) is 43.5. The fourth-order valence-corrected chi connectivity index (χ4v) is 4.52. The van der Waals surface area contributed by atoms with Crippen LogP contribution in [0.5, 0.6) is 0 Å². The first kappa shape index (κ1) is 24.7. The molecule has 4 rings (SSSR count). The molecule has 2 aromatic carbocycles. The minimum absolute atomic E-state index is 0.0841. The number of fused-ring (bicyclic) bond motifs is 1. The van der Waals surface area contributed by atoms with Crippen LogP contribution < -0.4 is 16.0 Å². The number of halogens is 1. The summed E-state index contributed by atoms with van der Waals surface area (Å²) in [6.07, 6.45) is 1.16. The molecule has 2 heterocycles. The van der Waals surface area contributed by atoms with Crippen molar-refractivity contribution in [2.75, 3.05) is 17.2 Å². The predicted octanol–water partition coefficient (Wildman–Crippen LogP) is 5.11. The normalized spacial score (nSPS) is 10.7. The number of carbonyl (C=O) groups is 3. The first-order chi connectivity index (χ1) is 17.4. The smallest absolute Gasteiger partial charge is 0.321 e. The number of carboxylic acids is 1. The van der Waals surface area contributed by atoms with E-state index in [1.807, 2.05) is 6.07 Å². The molecule has 0 radical (unpaired) electrons. The second kappa shape index (κ2) is 10.9. The number of rotatable bonds is 8. The minimum atomic E-state index is -1.07. The zero-order valence-electron chi connectivity index (χ0n) is 19.2. The Labute approximate surface area is 209 Å². The maximum Gasteiger partial charge on any atom is 0.321 e. The van der Waals surface area contributed by atoms with E-state index in [9.17, 15) is 14.4 Å². The quantitative estimate of drug-likeness (QED) is 0.262. The molecule has 0 aliphatic carbocycles. The van der Waals surface area contributed by atoms with Gasteiger partial charge in [-0.2, -0.15) is 0 Å². The lowest BCUT2D eigenvalue weighted by Crippen LogP contribution is -2.28. The van der Waals surface area contributed by atoms with E-state index in [1.165, 1.54) is 0 Å². The Hall–Kier alpha value is -4.38. The van der Waals surface area contributed by atoms with Gasteiger partial charge in [-0.3, -0.25) is 19.9 Å². The number of urea groups is 1. The molecule has 9 nitrogen and oxygen atoms in total. The van der Waals surface area contributed by atoms with E-state index in [1.54, 1.807) is 55.6 Å². The fraction of sp³-hybridized carbons (Fsp3) is 0.160. The average molecular weight is 508 g/mol. The van der Waals surface area contributed by atoms with Gasteiger partial charge in [0.25, 0.3) is 0 Å². The number of aliphatic carboxylic acids is 1. The Kier molecular flexibility index (Phi) is 7.50. The second-order valence-corrected chi connectivity index (χ2v) is 8.70. The molecule has 0 bridgehead atoms. The van der Waals surface area contributed by atoms with Crippen LogP contribution in [-0.4, -0.2) is 39.5 Å². The van der Waals surface area contributed by atoms with Crippen LogP contribution in [0, 0.1) is 5.82 Å². The number of hydrogen-bond donors (Lipinski definition) is 4. The van der Waals surface area contributed by atoms with Gasteiger partial charge in [0.15, 0.2) is 10.9 Å². The second-order valence-electron chi connectivity index (χ2n) is 7.70. The number of nitrogens with one attached hydrogen (secondary N) is 3. The van der Waals surface area contributed by atoms with Crippen LogP contribution in [0.2, 0.25) is 0 Å². The molecule has 3 amide bonds. The third kappa shape index (κ3) is 5.63. The maximum absolute atomic E-state index is 15.8. The molecule has 0 unspecified atom stereocenters. The van der Waals surface area contributed by atoms with Crippen molar-refractivity contribution < 1.29 is 23.9 Å². The third-order valence-corrected chi connectivity index (χ3v) is 6.13. The van der Waals surface area contributed by atoms with E-state index < -0.39 is 23.7 Å². The summed E-state index contributed by atoms with van der Waals surface area (Å²) in [5.74, 6) is -2.11. The van der Waals surface area contributed by atoms with Crippen LogP contribution in [0.4, 0.5) is 20.0 Å². The maximum atomic E-state index is 15.8. The molecule has 0 saturated heterocycles. The van der Waals surface area contributed by atoms with E-state index in [2.05, 4.69) is 25.9 Å². The topological polar surface area (TPSA) is 133 Å². The molecule has 2 aromatic heterocycles. The van der Waals surface area contributed by atoms with Crippen molar-refractivity contribution in [3.63, 3.8) is 0 Å². The Bertz CT molecular complexity index is 1440. The third-order valence-electron chi connectivity index (χ3n) is 5.13. The number of benzene rings is 2. The van der Waals surface area contributed by atoms with Gasteiger partial charge in [0.05, 0.1) is 16.8 Å². The molecule has 4 aromatic rings. The largest absolute Gasteiger partial charge is 0.481 e. The van der Waals surface area contributed by atoms with Gasteiger partial charge >= 0.3 is 12.0 Å². The van der Waals surface area contributed by atoms with Crippen molar-refractivity contribution in [2.45, 2.75) is 19.8 Å². The zero-order valence-corrected chi connectivity index (χ0v) is 20.0. The van der Waals surface area contributed by atoms with Gasteiger partial charge in [-0.05, 0) is 42.8 Å². The van der Waals surface area contributed by atoms with Gasteiger partial charge in [-0.25, -0.2) is 14.2 Å². The van der Waals surface area contributed by atoms with Crippen molar-refractivity contribution >= 4 is 50.3 Å². The molecular formula is C25H22FN5O4S. The Morgan fingerprint density at radius 1 is 1.03 bits per heavy atom. The average Bonchev–Trinajstić information content (AvgIpc) is 3.28. The summed E-state index contributed by atoms with van der Waals surface area (Å²) < 4.78 is 16.3. The van der Waals surface area contributed by atoms with Crippen molar-refractivity contribution in [3.05, 3.63) is 60.5 Å². The van der Waals surface area contributed by atoms with Gasteiger partial charge in [0, 0.05) is 36.0 Å². The first-order valence-electron chi connectivity index (χ1n) is 11.1. The number of pyridine rings is 1. The highest BCUT2D eigenvalue weighted by Crippen LogP contribution is 2.40. The highest BCUT2D eigenvalue weighted by atomic mass is 32.1. The summed E-state index contributed by atoms with van der Waals surface area (Å²) in [5, 5.41) is 16.9. The van der Waals surface area contributed by atoms with Crippen LogP contribution in [-0.2, 0) is 9.59 Å². The molecule has 36 heavy (non-hydrogen) atoms. The number of thiazole rings is 1. The Morgan fingerprint density at radius 3 is 2.58 bits per heavy atom. The molecule has 4 N–H and O–H groups in total. The van der Waals surface area contributed by atoms with Crippen LogP contribution in [0.25, 0.3) is 32.6 Å². The minimum Gasteiger partial charge on any atom is -0.481 e. The highest BCUT2D eigenvalue weighted by Gasteiger charge is 2.21. The van der Waals surface area contributed by atoms with E-state index in [-0.39, 0.29) is 29.1 Å². The molecule has 184 valence electrons. The molecule has 0 saturated carbocycles. The number of carboxylic acid groups (broad SMARTS) is 1. The molecule has 0 atom stereocenters. The number of amides is 3. The lowest BCUT2D eigenvalue weighted by molar-refractivity contribution is -0.138. The SMILES string of the molecule is CCNC(=O)Nc1nc2c(F)c(-c3cccc(NC(=O)CCC(=O)O)c3)cc(-c3ccccn3)c2s1. The standard InChI is InChI=1S/C25H22FN5O4S/c1-2-27-24(35)31-25-30-22-21(26)16(13-17(23(22)36-25)18-8-3-4-11-28-18)14-6-5-7-15(12-14)29-19(32)9-10-20(33)34/h3-8,11-13H,2,9-10H2,1H3,(H,29,32)(H,33,34)(H2,27,30,31,35). The van der Waals surface area contributed by atoms with E-state index in [4.69, 9.17) is 5.11 Å². The van der Waals surface area contributed by atoms with E-state index in [0.29, 0.717) is 33.8 Å². The van der Waals surface area contributed by atoms with Crippen molar-refractivity contribution in [1.29, 1.82) is 0 Å². The van der Waals surface area contributed by atoms with Gasteiger partial charge in [0.1, 0.15) is 5.52 Å². The Morgan fingerprint density at radius 2 is 1.86 bits per heavy atom. The highest BCUT2D eigenvalue weighted by molar-refractivity contribution is 7.22. The monoisotopic (exact) mass is 507 g/mol. The molecule has 0 aliphatic rings. The lowest BCUT2D eigenvalue weighted by Gasteiger charge is -2.11. The number of anilines is 2. The van der Waals surface area contributed by atoms with Gasteiger partial charge in [0.2, 0.25) is 5.91 Å². The summed E-state index contributed by atoms with van der Waals surface area (Å²) in [6.45, 7) is 2.21. The predicted molar refractivity (Wildman–Crippen MR) is 136 cm³/mol. The summed E-state index contributed by atoms with van der Waals surface area (Å²) in [5.41, 5.74) is 2.45. The number of carbonyl (C=O) groups excluding carboxylic acids is 2. The first-order valence-corrected chi connectivity index (χ1v) is 11.9. The lowest BCUT2D eigenvalue weighted by atomic mass is 9.99. The van der Waals surface area contributed by atoms with Crippen molar-refractivity contribution in [2.24, 2.45) is 0 Å². The fourth-order valence-electron chi connectivity index (χ4n) is 3.54. The van der Waals surface area contributed by atoms with E-state index in [0.717, 1.165) is 11.3 Å². The zero-order chi connectivity index (χ0) is 25.7.